The number of alkyl halides is 1. The lowest BCUT2D eigenvalue weighted by molar-refractivity contribution is 0.152. The Morgan fingerprint density at radius 3 is 2.75 bits per heavy atom. The number of thioether (sulfide) groups is 1. The lowest BCUT2D eigenvalue weighted by atomic mass is 9.87. The van der Waals surface area contributed by atoms with Crippen molar-refractivity contribution in [3.05, 3.63) is 12.0 Å². The standard InChI is InChI=1S/C11H18ClFN2S/c1-11(2,3)9(7-16-4)15-6-8(13)5-14-10(15)12/h5-6,9-10H,7H2,1-4H3/t9?,10-/m1/s1. The van der Waals surface area contributed by atoms with Crippen molar-refractivity contribution in [2.75, 3.05) is 12.0 Å². The zero-order chi connectivity index (χ0) is 12.3. The molecule has 5 heteroatoms. The molecule has 1 heterocycles. The number of allylic oxidation sites excluding steroid dienone is 1. The van der Waals surface area contributed by atoms with Crippen molar-refractivity contribution in [2.24, 2.45) is 10.4 Å². The molecule has 0 spiro atoms. The number of rotatable bonds is 3. The Hall–Kier alpha value is -0.220. The smallest absolute Gasteiger partial charge is 0.197 e. The molecule has 0 aromatic rings. The van der Waals surface area contributed by atoms with Crippen molar-refractivity contribution in [3.63, 3.8) is 0 Å². The van der Waals surface area contributed by atoms with E-state index in [2.05, 4.69) is 25.8 Å². The third kappa shape index (κ3) is 3.39. The lowest BCUT2D eigenvalue weighted by Gasteiger charge is -2.41. The fraction of sp³-hybridized carbons (Fsp3) is 0.727. The quantitative estimate of drug-likeness (QED) is 0.573. The Kier molecular flexibility index (Phi) is 4.68. The van der Waals surface area contributed by atoms with Crippen LogP contribution in [0.15, 0.2) is 17.0 Å². The highest BCUT2D eigenvalue weighted by Gasteiger charge is 2.33. The third-order valence-corrected chi connectivity index (χ3v) is 3.51. The highest BCUT2D eigenvalue weighted by atomic mass is 35.5. The molecular weight excluding hydrogens is 247 g/mol. The van der Waals surface area contributed by atoms with E-state index in [1.165, 1.54) is 12.4 Å². The van der Waals surface area contributed by atoms with Gasteiger partial charge in [0.05, 0.1) is 6.21 Å². The van der Waals surface area contributed by atoms with E-state index in [0.29, 0.717) is 0 Å². The molecule has 2 nitrogen and oxygen atoms in total. The summed E-state index contributed by atoms with van der Waals surface area (Å²) in [5.74, 6) is 0.554. The lowest BCUT2D eigenvalue weighted by Crippen LogP contribution is -2.46. The second kappa shape index (κ2) is 5.41. The molecule has 2 atom stereocenters. The van der Waals surface area contributed by atoms with E-state index in [9.17, 15) is 4.39 Å². The van der Waals surface area contributed by atoms with Crippen molar-refractivity contribution in [2.45, 2.75) is 32.4 Å². The van der Waals surface area contributed by atoms with Crippen LogP contribution < -0.4 is 0 Å². The van der Waals surface area contributed by atoms with Gasteiger partial charge in [0.15, 0.2) is 11.5 Å². The van der Waals surface area contributed by atoms with Crippen LogP contribution in [0.3, 0.4) is 0 Å². The maximum atomic E-state index is 13.2. The van der Waals surface area contributed by atoms with Crippen LogP contribution in [0, 0.1) is 5.41 Å². The summed E-state index contributed by atoms with van der Waals surface area (Å²) in [4.78, 5) is 5.72. The van der Waals surface area contributed by atoms with Gasteiger partial charge in [-0.05, 0) is 11.7 Å². The van der Waals surface area contributed by atoms with E-state index in [1.807, 2.05) is 6.26 Å². The van der Waals surface area contributed by atoms with E-state index in [4.69, 9.17) is 11.6 Å². The monoisotopic (exact) mass is 264 g/mol. The molecule has 1 aliphatic heterocycles. The van der Waals surface area contributed by atoms with Crippen LogP contribution in [0.4, 0.5) is 4.39 Å². The predicted octanol–water partition coefficient (Wildman–Crippen LogP) is 3.48. The molecule has 0 saturated heterocycles. The highest BCUT2D eigenvalue weighted by Crippen LogP contribution is 2.31. The minimum Gasteiger partial charge on any atom is -0.336 e. The van der Waals surface area contributed by atoms with Gasteiger partial charge in [-0.25, -0.2) is 9.38 Å². The molecule has 0 saturated carbocycles. The number of aliphatic imine (C=N–C) groups is 1. The van der Waals surface area contributed by atoms with Gasteiger partial charge < -0.3 is 4.90 Å². The Morgan fingerprint density at radius 1 is 1.62 bits per heavy atom. The first-order chi connectivity index (χ1) is 7.36. The van der Waals surface area contributed by atoms with Gasteiger partial charge in [-0.2, -0.15) is 11.8 Å². The second-order valence-corrected chi connectivity index (χ2v) is 6.19. The van der Waals surface area contributed by atoms with E-state index in [0.717, 1.165) is 5.75 Å². The van der Waals surface area contributed by atoms with E-state index >= 15 is 0 Å². The molecule has 16 heavy (non-hydrogen) atoms. The predicted molar refractivity (Wildman–Crippen MR) is 70.8 cm³/mol. The Labute approximate surface area is 106 Å². The minimum absolute atomic E-state index is 0.0276. The van der Waals surface area contributed by atoms with E-state index < -0.39 is 5.62 Å². The summed E-state index contributed by atoms with van der Waals surface area (Å²) in [6, 6.07) is 0.160. The first kappa shape index (κ1) is 13.8. The molecule has 1 rings (SSSR count). The van der Waals surface area contributed by atoms with Gasteiger partial charge in [0.2, 0.25) is 0 Å². The minimum atomic E-state index is -0.504. The van der Waals surface area contributed by atoms with Crippen LogP contribution in [0.25, 0.3) is 0 Å². The topological polar surface area (TPSA) is 15.6 Å². The Bertz CT molecular complexity index is 299. The average Bonchev–Trinajstić information content (AvgIpc) is 2.17. The molecule has 0 fully saturated rings. The molecule has 1 aliphatic rings. The maximum Gasteiger partial charge on any atom is 0.197 e. The molecular formula is C11H18ClFN2S. The zero-order valence-corrected chi connectivity index (χ0v) is 11.6. The maximum absolute atomic E-state index is 13.2. The number of hydrogen-bond acceptors (Lipinski definition) is 3. The number of hydrogen-bond donors (Lipinski definition) is 0. The van der Waals surface area contributed by atoms with Crippen molar-refractivity contribution in [1.29, 1.82) is 0 Å². The first-order valence-corrected chi connectivity index (χ1v) is 7.00. The zero-order valence-electron chi connectivity index (χ0n) is 10.1. The molecule has 0 radical (unpaired) electrons. The summed E-state index contributed by atoms with van der Waals surface area (Å²) < 4.78 is 13.2. The third-order valence-electron chi connectivity index (χ3n) is 2.52. The molecule has 0 bridgehead atoms. The van der Waals surface area contributed by atoms with Crippen molar-refractivity contribution in [3.8, 4) is 0 Å². The molecule has 0 amide bonds. The molecule has 0 aromatic carbocycles. The molecule has 92 valence electrons. The molecule has 0 aromatic heterocycles. The summed E-state index contributed by atoms with van der Waals surface area (Å²) in [5.41, 5.74) is -0.476. The van der Waals surface area contributed by atoms with Gasteiger partial charge in [-0.15, -0.1) is 0 Å². The molecule has 0 aliphatic carbocycles. The van der Waals surface area contributed by atoms with E-state index in [1.54, 1.807) is 16.7 Å². The van der Waals surface area contributed by atoms with Gasteiger partial charge >= 0.3 is 0 Å². The van der Waals surface area contributed by atoms with Crippen molar-refractivity contribution >= 4 is 29.6 Å². The summed E-state index contributed by atoms with van der Waals surface area (Å²) >= 11 is 7.82. The number of nitrogens with zero attached hydrogens (tertiary/aromatic N) is 2. The van der Waals surface area contributed by atoms with Crippen LogP contribution >= 0.6 is 23.4 Å². The molecule has 1 unspecified atom stereocenters. The van der Waals surface area contributed by atoms with Crippen LogP contribution in [0.1, 0.15) is 20.8 Å². The number of halogens is 2. The van der Waals surface area contributed by atoms with Gasteiger partial charge in [0.25, 0.3) is 0 Å². The van der Waals surface area contributed by atoms with Crippen LogP contribution in [0.5, 0.6) is 0 Å². The Morgan fingerprint density at radius 2 is 2.25 bits per heavy atom. The van der Waals surface area contributed by atoms with Gasteiger partial charge in [0.1, 0.15) is 0 Å². The average molecular weight is 265 g/mol. The van der Waals surface area contributed by atoms with Gasteiger partial charge in [0, 0.05) is 18.0 Å². The summed E-state index contributed by atoms with van der Waals surface area (Å²) in [7, 11) is 0. The van der Waals surface area contributed by atoms with Gasteiger partial charge in [-0.3, -0.25) is 0 Å². The Balaban J connectivity index is 2.90. The van der Waals surface area contributed by atoms with Crippen LogP contribution in [0.2, 0.25) is 0 Å². The highest BCUT2D eigenvalue weighted by molar-refractivity contribution is 7.98. The summed E-state index contributed by atoms with van der Waals surface area (Å²) in [6.07, 6.45) is 4.67. The van der Waals surface area contributed by atoms with Crippen LogP contribution in [-0.4, -0.2) is 34.8 Å². The summed E-state index contributed by atoms with van der Waals surface area (Å²) in [5, 5.41) is 0. The fourth-order valence-electron chi connectivity index (χ4n) is 1.63. The first-order valence-electron chi connectivity index (χ1n) is 5.17. The van der Waals surface area contributed by atoms with Crippen molar-refractivity contribution in [1.82, 2.24) is 4.90 Å². The second-order valence-electron chi connectivity index (χ2n) is 4.89. The van der Waals surface area contributed by atoms with Gasteiger partial charge in [-0.1, -0.05) is 32.4 Å². The SMILES string of the molecule is CSCC(N1C=C(F)C=N[C@H]1Cl)C(C)(C)C. The largest absolute Gasteiger partial charge is 0.336 e. The van der Waals surface area contributed by atoms with E-state index in [-0.39, 0.29) is 17.3 Å². The normalized spacial score (nSPS) is 23.2. The fourth-order valence-corrected chi connectivity index (χ4v) is 2.86. The van der Waals surface area contributed by atoms with Crippen molar-refractivity contribution < 1.29 is 4.39 Å². The molecule has 0 N–H and O–H groups in total. The van der Waals surface area contributed by atoms with Crippen LogP contribution in [-0.2, 0) is 0 Å². The summed E-state index contributed by atoms with van der Waals surface area (Å²) in [6.45, 7) is 6.38.